The summed E-state index contributed by atoms with van der Waals surface area (Å²) in [5, 5.41) is 5.41. The molecule has 0 aliphatic heterocycles. The number of nitrogens with one attached hydrogen (secondary N) is 2. The predicted octanol–water partition coefficient (Wildman–Crippen LogP) is 0.675. The Kier molecular flexibility index (Phi) is 4.59. The van der Waals surface area contributed by atoms with Crippen LogP contribution in [0.2, 0.25) is 0 Å². The third-order valence-corrected chi connectivity index (χ3v) is 2.42. The van der Waals surface area contributed by atoms with Crippen molar-refractivity contribution in [2.75, 3.05) is 13.1 Å². The Bertz CT molecular complexity index is 235. The number of hydrogen-bond donors (Lipinski definition) is 2. The molecular formula is C11H20N2O2. The second kappa shape index (κ2) is 5.73. The zero-order valence-corrected chi connectivity index (χ0v) is 9.51. The van der Waals surface area contributed by atoms with Crippen LogP contribution in [0, 0.1) is 11.8 Å². The van der Waals surface area contributed by atoms with Crippen molar-refractivity contribution in [3.05, 3.63) is 0 Å². The molecule has 1 saturated carbocycles. The lowest BCUT2D eigenvalue weighted by atomic mass is 10.1. The van der Waals surface area contributed by atoms with E-state index < -0.39 is 0 Å². The third kappa shape index (κ3) is 5.40. The largest absolute Gasteiger partial charge is 0.355 e. The lowest BCUT2D eigenvalue weighted by Crippen LogP contribution is -2.38. The smallest absolute Gasteiger partial charge is 0.239 e. The van der Waals surface area contributed by atoms with Crippen molar-refractivity contribution >= 4 is 11.8 Å². The van der Waals surface area contributed by atoms with Gasteiger partial charge < -0.3 is 10.6 Å². The van der Waals surface area contributed by atoms with Crippen LogP contribution in [0.1, 0.15) is 33.1 Å². The van der Waals surface area contributed by atoms with Crippen LogP contribution in [-0.4, -0.2) is 24.9 Å². The maximum Gasteiger partial charge on any atom is 0.239 e. The first kappa shape index (κ1) is 12.0. The summed E-state index contributed by atoms with van der Waals surface area (Å²) in [7, 11) is 0. The molecule has 0 aromatic heterocycles. The van der Waals surface area contributed by atoms with Gasteiger partial charge in [-0.15, -0.1) is 0 Å². The van der Waals surface area contributed by atoms with Gasteiger partial charge in [-0.25, -0.2) is 0 Å². The summed E-state index contributed by atoms with van der Waals surface area (Å²) in [6.07, 6.45) is 2.92. The number of carbonyl (C=O) groups is 2. The number of rotatable bonds is 6. The molecule has 0 radical (unpaired) electrons. The molecule has 2 N–H and O–H groups in total. The molecule has 4 heteroatoms. The Balaban J connectivity index is 2.00. The van der Waals surface area contributed by atoms with Crippen molar-refractivity contribution in [2.24, 2.45) is 11.8 Å². The first-order valence-corrected chi connectivity index (χ1v) is 5.64. The minimum Gasteiger partial charge on any atom is -0.355 e. The topological polar surface area (TPSA) is 58.2 Å². The second-order valence-electron chi connectivity index (χ2n) is 4.52. The Morgan fingerprint density at radius 1 is 1.27 bits per heavy atom. The lowest BCUT2D eigenvalue weighted by Gasteiger charge is -2.07. The average Bonchev–Trinajstić information content (AvgIpc) is 2.96. The van der Waals surface area contributed by atoms with Crippen molar-refractivity contribution in [3.63, 3.8) is 0 Å². The SMILES string of the molecule is CC(C)CCNC(=O)CNC(=O)C1CC1. The van der Waals surface area contributed by atoms with E-state index in [-0.39, 0.29) is 24.3 Å². The van der Waals surface area contributed by atoms with Gasteiger partial charge in [-0.1, -0.05) is 13.8 Å². The van der Waals surface area contributed by atoms with Gasteiger partial charge in [0.15, 0.2) is 0 Å². The molecule has 0 aromatic carbocycles. The highest BCUT2D eigenvalue weighted by atomic mass is 16.2. The third-order valence-electron chi connectivity index (χ3n) is 2.42. The molecule has 0 bridgehead atoms. The van der Waals surface area contributed by atoms with E-state index in [2.05, 4.69) is 24.5 Å². The lowest BCUT2D eigenvalue weighted by molar-refractivity contribution is -0.126. The summed E-state index contributed by atoms with van der Waals surface area (Å²) in [6, 6.07) is 0. The van der Waals surface area contributed by atoms with E-state index in [9.17, 15) is 9.59 Å². The highest BCUT2D eigenvalue weighted by Crippen LogP contribution is 2.28. The maximum absolute atomic E-state index is 11.2. The predicted molar refractivity (Wildman–Crippen MR) is 58.2 cm³/mol. The van der Waals surface area contributed by atoms with Crippen LogP contribution in [0.15, 0.2) is 0 Å². The van der Waals surface area contributed by atoms with E-state index in [1.54, 1.807) is 0 Å². The van der Waals surface area contributed by atoms with Gasteiger partial charge in [-0.05, 0) is 25.2 Å². The molecule has 1 aliphatic carbocycles. The summed E-state index contributed by atoms with van der Waals surface area (Å²) in [6.45, 7) is 5.03. The van der Waals surface area contributed by atoms with Crippen LogP contribution >= 0.6 is 0 Å². The number of amides is 2. The van der Waals surface area contributed by atoms with Gasteiger partial charge in [0.1, 0.15) is 0 Å². The van der Waals surface area contributed by atoms with Gasteiger partial charge in [0, 0.05) is 12.5 Å². The zero-order chi connectivity index (χ0) is 11.3. The number of hydrogen-bond acceptors (Lipinski definition) is 2. The van der Waals surface area contributed by atoms with E-state index >= 15 is 0 Å². The van der Waals surface area contributed by atoms with Crippen LogP contribution in [0.25, 0.3) is 0 Å². The van der Waals surface area contributed by atoms with E-state index in [1.165, 1.54) is 0 Å². The molecule has 86 valence electrons. The molecule has 0 saturated heterocycles. The maximum atomic E-state index is 11.2. The first-order chi connectivity index (χ1) is 7.09. The molecule has 0 aromatic rings. The summed E-state index contributed by atoms with van der Waals surface area (Å²) in [5.41, 5.74) is 0. The molecule has 0 atom stereocenters. The Labute approximate surface area is 90.8 Å². The highest BCUT2D eigenvalue weighted by Gasteiger charge is 2.29. The Hall–Kier alpha value is -1.06. The van der Waals surface area contributed by atoms with Crippen molar-refractivity contribution in [2.45, 2.75) is 33.1 Å². The Morgan fingerprint density at radius 2 is 1.93 bits per heavy atom. The van der Waals surface area contributed by atoms with Gasteiger partial charge in [0.25, 0.3) is 0 Å². The fourth-order valence-electron chi connectivity index (χ4n) is 1.22. The Morgan fingerprint density at radius 3 is 2.47 bits per heavy atom. The van der Waals surface area contributed by atoms with Crippen LogP contribution in [0.5, 0.6) is 0 Å². The number of carbonyl (C=O) groups excluding carboxylic acids is 2. The summed E-state index contributed by atoms with van der Waals surface area (Å²) in [5.74, 6) is 0.693. The summed E-state index contributed by atoms with van der Waals surface area (Å²) in [4.78, 5) is 22.4. The molecule has 0 unspecified atom stereocenters. The van der Waals surface area contributed by atoms with Gasteiger partial charge in [0.2, 0.25) is 11.8 Å². The molecule has 1 aliphatic rings. The van der Waals surface area contributed by atoms with Crippen LogP contribution in [0.3, 0.4) is 0 Å². The first-order valence-electron chi connectivity index (χ1n) is 5.64. The fourth-order valence-corrected chi connectivity index (χ4v) is 1.22. The molecule has 0 heterocycles. The summed E-state index contributed by atoms with van der Waals surface area (Å²) >= 11 is 0. The normalized spacial score (nSPS) is 15.1. The molecule has 0 spiro atoms. The van der Waals surface area contributed by atoms with Gasteiger partial charge in [0.05, 0.1) is 6.54 Å². The minimum absolute atomic E-state index is 0.0222. The molecular weight excluding hydrogens is 192 g/mol. The minimum atomic E-state index is -0.0929. The highest BCUT2D eigenvalue weighted by molar-refractivity contribution is 5.86. The molecule has 4 nitrogen and oxygen atoms in total. The van der Waals surface area contributed by atoms with Gasteiger partial charge in [-0.2, -0.15) is 0 Å². The monoisotopic (exact) mass is 212 g/mol. The molecule has 1 fully saturated rings. The fraction of sp³-hybridized carbons (Fsp3) is 0.818. The van der Waals surface area contributed by atoms with Gasteiger partial charge >= 0.3 is 0 Å². The second-order valence-corrected chi connectivity index (χ2v) is 4.52. The summed E-state index contributed by atoms with van der Waals surface area (Å²) < 4.78 is 0. The van der Waals surface area contributed by atoms with E-state index in [1.807, 2.05) is 0 Å². The molecule has 15 heavy (non-hydrogen) atoms. The van der Waals surface area contributed by atoms with Crippen molar-refractivity contribution in [1.29, 1.82) is 0 Å². The van der Waals surface area contributed by atoms with Crippen LogP contribution in [-0.2, 0) is 9.59 Å². The van der Waals surface area contributed by atoms with E-state index in [0.717, 1.165) is 19.3 Å². The average molecular weight is 212 g/mol. The zero-order valence-electron chi connectivity index (χ0n) is 9.51. The van der Waals surface area contributed by atoms with Gasteiger partial charge in [-0.3, -0.25) is 9.59 Å². The quantitative estimate of drug-likeness (QED) is 0.680. The standard InChI is InChI=1S/C11H20N2O2/c1-8(2)5-6-12-10(14)7-13-11(15)9-3-4-9/h8-9H,3-7H2,1-2H3,(H,12,14)(H,13,15). The van der Waals surface area contributed by atoms with Crippen molar-refractivity contribution < 1.29 is 9.59 Å². The van der Waals surface area contributed by atoms with E-state index in [0.29, 0.717) is 12.5 Å². The van der Waals surface area contributed by atoms with E-state index in [4.69, 9.17) is 0 Å². The van der Waals surface area contributed by atoms with Crippen LogP contribution < -0.4 is 10.6 Å². The van der Waals surface area contributed by atoms with Crippen molar-refractivity contribution in [1.82, 2.24) is 10.6 Å². The van der Waals surface area contributed by atoms with Crippen LogP contribution in [0.4, 0.5) is 0 Å². The molecule has 2 amide bonds. The van der Waals surface area contributed by atoms with Crippen molar-refractivity contribution in [3.8, 4) is 0 Å². The molecule has 1 rings (SSSR count).